The van der Waals surface area contributed by atoms with Crippen LogP contribution in [0.2, 0.25) is 0 Å². The van der Waals surface area contributed by atoms with Crippen LogP contribution >= 0.6 is 0 Å². The lowest BCUT2D eigenvalue weighted by molar-refractivity contribution is -0.134. The Hall–Kier alpha value is -2.17. The van der Waals surface area contributed by atoms with Gasteiger partial charge in [0.15, 0.2) is 0 Å². The third-order valence-electron chi connectivity index (χ3n) is 6.49. The van der Waals surface area contributed by atoms with E-state index in [-0.39, 0.29) is 29.6 Å². The molecule has 27 heavy (non-hydrogen) atoms. The molecule has 2 aliphatic carbocycles. The fourth-order valence-electron chi connectivity index (χ4n) is 5.21. The molecule has 1 aromatic carbocycles. The van der Waals surface area contributed by atoms with Gasteiger partial charge in [-0.1, -0.05) is 26.2 Å². The second-order valence-corrected chi connectivity index (χ2v) is 8.18. The van der Waals surface area contributed by atoms with E-state index in [1.807, 2.05) is 0 Å². The average molecular weight is 369 g/mol. The number of anilines is 1. The number of benzene rings is 1. The quantitative estimate of drug-likeness (QED) is 0.314. The van der Waals surface area contributed by atoms with Gasteiger partial charge in [-0.05, 0) is 61.8 Å². The first-order valence-electron chi connectivity index (χ1n) is 10.3. The molecular formula is C22H27NO4. The van der Waals surface area contributed by atoms with Crippen LogP contribution in [0.15, 0.2) is 24.3 Å². The van der Waals surface area contributed by atoms with Gasteiger partial charge < -0.3 is 4.74 Å². The molecular weight excluding hydrogens is 342 g/mol. The predicted octanol–water partition coefficient (Wildman–Crippen LogP) is 4.10. The topological polar surface area (TPSA) is 63.7 Å². The summed E-state index contributed by atoms with van der Waals surface area (Å²) in [4.78, 5) is 38.9. The van der Waals surface area contributed by atoms with Gasteiger partial charge in [-0.2, -0.15) is 0 Å². The number of hydrogen-bond acceptors (Lipinski definition) is 4. The van der Waals surface area contributed by atoms with E-state index in [0.29, 0.717) is 29.7 Å². The van der Waals surface area contributed by atoms with Crippen LogP contribution in [0.25, 0.3) is 0 Å². The van der Waals surface area contributed by atoms with E-state index >= 15 is 0 Å². The summed E-state index contributed by atoms with van der Waals surface area (Å²) in [5.41, 5.74) is 0.585. The number of nitrogens with zero attached hydrogens (tertiary/aromatic N) is 1. The highest BCUT2D eigenvalue weighted by molar-refractivity contribution is 6.22. The van der Waals surface area contributed by atoms with Crippen molar-refractivity contribution in [2.75, 3.05) is 4.90 Å². The summed E-state index contributed by atoms with van der Waals surface area (Å²) in [7, 11) is 0. The van der Waals surface area contributed by atoms with E-state index in [9.17, 15) is 14.4 Å². The molecule has 0 spiro atoms. The molecule has 2 amide bonds. The second kappa shape index (κ2) is 7.45. The summed E-state index contributed by atoms with van der Waals surface area (Å²) >= 11 is 0. The summed E-state index contributed by atoms with van der Waals surface area (Å²) in [6.07, 6.45) is 7.74. The molecule has 4 atom stereocenters. The molecule has 2 saturated carbocycles. The summed E-state index contributed by atoms with van der Waals surface area (Å²) in [5.74, 6) is 0.671. The van der Waals surface area contributed by atoms with Crippen LogP contribution in [0.3, 0.4) is 0 Å². The van der Waals surface area contributed by atoms with Crippen molar-refractivity contribution in [1.29, 1.82) is 0 Å². The Morgan fingerprint density at radius 2 is 1.63 bits per heavy atom. The molecule has 1 heterocycles. The lowest BCUT2D eigenvalue weighted by atomic mass is 9.81. The number of carbonyl (C=O) groups excluding carboxylic acids is 3. The van der Waals surface area contributed by atoms with Gasteiger partial charge in [0.05, 0.1) is 17.5 Å². The largest absolute Gasteiger partial charge is 0.427 e. The first kappa shape index (κ1) is 18.2. The molecule has 3 aliphatic rings. The number of amides is 2. The highest BCUT2D eigenvalue weighted by Gasteiger charge is 2.61. The molecule has 0 aromatic heterocycles. The minimum absolute atomic E-state index is 0.0436. The predicted molar refractivity (Wildman–Crippen MR) is 101 cm³/mol. The summed E-state index contributed by atoms with van der Waals surface area (Å²) < 4.78 is 5.36. The highest BCUT2D eigenvalue weighted by atomic mass is 16.5. The second-order valence-electron chi connectivity index (χ2n) is 8.18. The Morgan fingerprint density at radius 3 is 2.22 bits per heavy atom. The average Bonchev–Trinajstić information content (AvgIpc) is 3.34. The molecule has 1 aromatic rings. The smallest absolute Gasteiger partial charge is 0.311 e. The van der Waals surface area contributed by atoms with Gasteiger partial charge in [-0.25, -0.2) is 0 Å². The van der Waals surface area contributed by atoms with Crippen molar-refractivity contribution < 1.29 is 19.1 Å². The van der Waals surface area contributed by atoms with Crippen molar-refractivity contribution in [3.63, 3.8) is 0 Å². The maximum atomic E-state index is 12.8. The molecule has 5 heteroatoms. The maximum Gasteiger partial charge on any atom is 0.311 e. The molecule has 0 N–H and O–H groups in total. The third-order valence-corrected chi connectivity index (χ3v) is 6.49. The van der Waals surface area contributed by atoms with Crippen molar-refractivity contribution in [3.8, 4) is 5.75 Å². The van der Waals surface area contributed by atoms with Crippen LogP contribution in [-0.4, -0.2) is 17.8 Å². The van der Waals surface area contributed by atoms with Crippen LogP contribution < -0.4 is 9.64 Å². The maximum absolute atomic E-state index is 12.8. The van der Waals surface area contributed by atoms with E-state index in [0.717, 1.165) is 44.9 Å². The van der Waals surface area contributed by atoms with Gasteiger partial charge in [0.2, 0.25) is 11.8 Å². The molecule has 2 bridgehead atoms. The van der Waals surface area contributed by atoms with E-state index in [1.54, 1.807) is 24.3 Å². The van der Waals surface area contributed by atoms with Gasteiger partial charge in [0.25, 0.3) is 0 Å². The minimum atomic E-state index is -0.238. The van der Waals surface area contributed by atoms with Crippen LogP contribution in [0.1, 0.15) is 58.3 Å². The summed E-state index contributed by atoms with van der Waals surface area (Å²) in [5, 5.41) is 0. The number of ether oxygens (including phenoxy) is 1. The standard InChI is InChI=1S/C22H27NO4/c1-2-3-4-5-6-18(24)27-17-11-9-16(10-12-17)23-21(25)19-14-7-8-15(13-14)20(19)22(23)26/h9-12,14-15,19-20H,2-8,13H2,1H3/t14-,15-,19-,20-/m0/s1. The number of carbonyl (C=O) groups is 3. The van der Waals surface area contributed by atoms with E-state index in [1.165, 1.54) is 4.90 Å². The summed E-state index contributed by atoms with van der Waals surface area (Å²) in [6, 6.07) is 6.75. The van der Waals surface area contributed by atoms with Crippen molar-refractivity contribution >= 4 is 23.5 Å². The van der Waals surface area contributed by atoms with Gasteiger partial charge in [-0.3, -0.25) is 19.3 Å². The Labute approximate surface area is 160 Å². The lowest BCUT2D eigenvalue weighted by Crippen LogP contribution is -2.32. The molecule has 0 unspecified atom stereocenters. The Balaban J connectivity index is 1.39. The van der Waals surface area contributed by atoms with E-state index in [4.69, 9.17) is 4.74 Å². The van der Waals surface area contributed by atoms with Crippen LogP contribution in [0.5, 0.6) is 5.75 Å². The van der Waals surface area contributed by atoms with Crippen molar-refractivity contribution in [2.24, 2.45) is 23.7 Å². The molecule has 144 valence electrons. The van der Waals surface area contributed by atoms with Gasteiger partial charge >= 0.3 is 5.97 Å². The molecule has 1 aliphatic heterocycles. The number of rotatable bonds is 7. The van der Waals surface area contributed by atoms with E-state index < -0.39 is 0 Å². The van der Waals surface area contributed by atoms with Crippen LogP contribution in [0.4, 0.5) is 5.69 Å². The fourth-order valence-corrected chi connectivity index (χ4v) is 5.21. The number of hydrogen-bond donors (Lipinski definition) is 0. The van der Waals surface area contributed by atoms with Crippen LogP contribution in [-0.2, 0) is 14.4 Å². The van der Waals surface area contributed by atoms with Crippen molar-refractivity contribution in [1.82, 2.24) is 0 Å². The molecule has 1 saturated heterocycles. The zero-order valence-corrected chi connectivity index (χ0v) is 15.9. The number of fused-ring (bicyclic) bond motifs is 5. The molecule has 3 fully saturated rings. The highest BCUT2D eigenvalue weighted by Crippen LogP contribution is 2.56. The van der Waals surface area contributed by atoms with Gasteiger partial charge in [0, 0.05) is 6.42 Å². The third kappa shape index (κ3) is 3.28. The Kier molecular flexibility index (Phi) is 5.02. The lowest BCUT2D eigenvalue weighted by Gasteiger charge is -2.19. The van der Waals surface area contributed by atoms with Gasteiger partial charge in [-0.15, -0.1) is 0 Å². The first-order chi connectivity index (χ1) is 13.1. The zero-order chi connectivity index (χ0) is 19.0. The van der Waals surface area contributed by atoms with Crippen molar-refractivity contribution in [2.45, 2.75) is 58.3 Å². The zero-order valence-electron chi connectivity index (χ0n) is 15.9. The monoisotopic (exact) mass is 369 g/mol. The summed E-state index contributed by atoms with van der Waals surface area (Å²) in [6.45, 7) is 2.13. The molecule has 5 nitrogen and oxygen atoms in total. The number of unbranched alkanes of at least 4 members (excludes halogenated alkanes) is 3. The van der Waals surface area contributed by atoms with Gasteiger partial charge in [0.1, 0.15) is 5.75 Å². The molecule has 4 rings (SSSR count). The fraction of sp³-hybridized carbons (Fsp3) is 0.591. The SMILES string of the molecule is CCCCCCC(=O)Oc1ccc(N2C(=O)[C@H]3[C@H]4CC[C@@H](C4)[C@@H]3C2=O)cc1. The Bertz CT molecular complexity index is 713. The normalized spacial score (nSPS) is 28.7. The number of imide groups is 1. The van der Waals surface area contributed by atoms with E-state index in [2.05, 4.69) is 6.92 Å². The van der Waals surface area contributed by atoms with Crippen LogP contribution in [0, 0.1) is 23.7 Å². The minimum Gasteiger partial charge on any atom is -0.427 e. The molecule has 0 radical (unpaired) electrons. The number of esters is 1. The first-order valence-corrected chi connectivity index (χ1v) is 10.3. The van der Waals surface area contributed by atoms with Crippen molar-refractivity contribution in [3.05, 3.63) is 24.3 Å². The Morgan fingerprint density at radius 1 is 1.00 bits per heavy atom.